The van der Waals surface area contributed by atoms with Crippen molar-refractivity contribution in [3.63, 3.8) is 0 Å². The van der Waals surface area contributed by atoms with Gasteiger partial charge in [-0.1, -0.05) is 27.6 Å². The molecule has 1 aromatic rings. The molecule has 0 radical (unpaired) electrons. The van der Waals surface area contributed by atoms with Crippen molar-refractivity contribution < 1.29 is 14.3 Å². The summed E-state index contributed by atoms with van der Waals surface area (Å²) in [5.41, 5.74) is 1.85. The number of allylic oxidation sites excluding steroid dienone is 2. The van der Waals surface area contributed by atoms with Gasteiger partial charge in [0.15, 0.2) is 0 Å². The van der Waals surface area contributed by atoms with Gasteiger partial charge < -0.3 is 9.47 Å². The molecule has 0 saturated carbocycles. The highest BCUT2D eigenvalue weighted by Gasteiger charge is 2.42. The highest BCUT2D eigenvalue weighted by atomic mass is 79.9. The minimum atomic E-state index is -0.502. The first-order valence-corrected chi connectivity index (χ1v) is 8.37. The number of rotatable bonds is 4. The molecule has 0 fully saturated rings. The molecule has 1 heterocycles. The normalized spacial score (nSPS) is 23.2. The first kappa shape index (κ1) is 17.1. The Morgan fingerprint density at radius 3 is 2.82 bits per heavy atom. The molecular weight excluding hydrogens is 344 g/mol. The molecule has 0 bridgehead atoms. The van der Waals surface area contributed by atoms with Gasteiger partial charge in [-0.25, -0.2) is 0 Å². The predicted molar refractivity (Wildman–Crippen MR) is 91.1 cm³/mol. The second-order valence-electron chi connectivity index (χ2n) is 6.29. The number of carbonyl (C=O) groups excluding carboxylic acids is 1. The first-order chi connectivity index (χ1) is 10.3. The lowest BCUT2D eigenvalue weighted by Crippen LogP contribution is -2.50. The molecule has 0 saturated heterocycles. The minimum Gasteiger partial charge on any atom is -0.483 e. The van der Waals surface area contributed by atoms with E-state index >= 15 is 0 Å². The Kier molecular flexibility index (Phi) is 5.32. The van der Waals surface area contributed by atoms with Gasteiger partial charge in [0.25, 0.3) is 0 Å². The molecular formula is C18H23BrO3. The Bertz CT molecular complexity index is 590. The van der Waals surface area contributed by atoms with Crippen LogP contribution in [-0.4, -0.2) is 17.7 Å². The Labute approximate surface area is 140 Å². The van der Waals surface area contributed by atoms with Gasteiger partial charge in [0.05, 0.1) is 0 Å². The van der Waals surface area contributed by atoms with E-state index in [0.717, 1.165) is 28.6 Å². The monoisotopic (exact) mass is 366 g/mol. The molecule has 1 aromatic carbocycles. The zero-order valence-electron chi connectivity index (χ0n) is 13.6. The standard InChI is InChI=1S/C18H23BrO3/c1-12(2)6-5-9-18(4)17(21-13(3)20)11-14-10-15(19)7-8-16(14)22-18/h6-8,10,17H,5,9,11H2,1-4H3/t17-,18-/m0/s1. The third kappa shape index (κ3) is 4.13. The molecule has 0 unspecified atom stereocenters. The van der Waals surface area contributed by atoms with E-state index < -0.39 is 5.60 Å². The fraction of sp³-hybridized carbons (Fsp3) is 0.500. The molecule has 0 amide bonds. The van der Waals surface area contributed by atoms with Crippen molar-refractivity contribution >= 4 is 21.9 Å². The summed E-state index contributed by atoms with van der Waals surface area (Å²) >= 11 is 3.48. The number of ether oxygens (including phenoxy) is 2. The molecule has 0 N–H and O–H groups in total. The molecule has 1 aliphatic rings. The predicted octanol–water partition coefficient (Wildman–Crippen LogP) is 4.82. The van der Waals surface area contributed by atoms with Crippen molar-refractivity contribution in [2.75, 3.05) is 0 Å². The molecule has 3 nitrogen and oxygen atoms in total. The number of carbonyl (C=O) groups is 1. The summed E-state index contributed by atoms with van der Waals surface area (Å²) in [6.07, 6.45) is 4.32. The van der Waals surface area contributed by atoms with Crippen LogP contribution in [0, 0.1) is 0 Å². The van der Waals surface area contributed by atoms with Crippen LogP contribution in [0.3, 0.4) is 0 Å². The van der Waals surface area contributed by atoms with Crippen LogP contribution in [0.2, 0.25) is 0 Å². The average Bonchev–Trinajstić information content (AvgIpc) is 2.39. The summed E-state index contributed by atoms with van der Waals surface area (Å²) in [5, 5.41) is 0. The zero-order chi connectivity index (χ0) is 16.3. The van der Waals surface area contributed by atoms with E-state index in [4.69, 9.17) is 9.47 Å². The number of esters is 1. The maximum absolute atomic E-state index is 11.5. The van der Waals surface area contributed by atoms with Crippen molar-refractivity contribution in [3.05, 3.63) is 39.9 Å². The van der Waals surface area contributed by atoms with E-state index in [2.05, 4.69) is 35.9 Å². The van der Waals surface area contributed by atoms with E-state index in [-0.39, 0.29) is 12.1 Å². The van der Waals surface area contributed by atoms with Crippen molar-refractivity contribution in [2.45, 2.75) is 58.7 Å². The van der Waals surface area contributed by atoms with Crippen LogP contribution in [-0.2, 0) is 16.0 Å². The fourth-order valence-corrected chi connectivity index (χ4v) is 3.17. The number of fused-ring (bicyclic) bond motifs is 1. The zero-order valence-corrected chi connectivity index (χ0v) is 15.2. The highest BCUT2D eigenvalue weighted by Crippen LogP contribution is 2.38. The van der Waals surface area contributed by atoms with E-state index in [1.165, 1.54) is 12.5 Å². The number of hydrogen-bond donors (Lipinski definition) is 0. The number of halogens is 1. The molecule has 22 heavy (non-hydrogen) atoms. The molecule has 120 valence electrons. The van der Waals surface area contributed by atoms with Gasteiger partial charge in [0, 0.05) is 17.8 Å². The average molecular weight is 367 g/mol. The fourth-order valence-electron chi connectivity index (χ4n) is 2.77. The minimum absolute atomic E-state index is 0.263. The lowest BCUT2D eigenvalue weighted by Gasteiger charge is -2.41. The Morgan fingerprint density at radius 1 is 1.45 bits per heavy atom. The maximum atomic E-state index is 11.5. The van der Waals surface area contributed by atoms with Crippen molar-refractivity contribution in [2.24, 2.45) is 0 Å². The Balaban J connectivity index is 2.26. The van der Waals surface area contributed by atoms with Gasteiger partial charge in [0.2, 0.25) is 0 Å². The van der Waals surface area contributed by atoms with Crippen LogP contribution < -0.4 is 4.74 Å². The summed E-state index contributed by atoms with van der Waals surface area (Å²) in [6.45, 7) is 7.65. The van der Waals surface area contributed by atoms with E-state index in [1.54, 1.807) is 0 Å². The third-order valence-corrected chi connectivity index (χ3v) is 4.45. The molecule has 0 aromatic heterocycles. The highest BCUT2D eigenvalue weighted by molar-refractivity contribution is 9.10. The van der Waals surface area contributed by atoms with Gasteiger partial charge >= 0.3 is 5.97 Å². The summed E-state index contributed by atoms with van der Waals surface area (Å²) in [4.78, 5) is 11.5. The molecule has 0 spiro atoms. The molecule has 2 rings (SSSR count). The Hall–Kier alpha value is -1.29. The SMILES string of the molecule is CC(=O)O[C@H]1Cc2cc(Br)ccc2O[C@@]1(C)CCC=C(C)C. The smallest absolute Gasteiger partial charge is 0.303 e. The van der Waals surface area contributed by atoms with Gasteiger partial charge in [-0.05, 0) is 57.4 Å². The maximum Gasteiger partial charge on any atom is 0.303 e. The summed E-state index contributed by atoms with van der Waals surface area (Å²) < 4.78 is 12.8. The van der Waals surface area contributed by atoms with Crippen LogP contribution in [0.1, 0.15) is 46.1 Å². The number of benzene rings is 1. The topological polar surface area (TPSA) is 35.5 Å². The summed E-state index contributed by atoms with van der Waals surface area (Å²) in [6, 6.07) is 5.98. The van der Waals surface area contributed by atoms with Crippen molar-refractivity contribution in [1.29, 1.82) is 0 Å². The molecule has 1 aliphatic heterocycles. The number of hydrogen-bond acceptors (Lipinski definition) is 3. The second-order valence-corrected chi connectivity index (χ2v) is 7.20. The van der Waals surface area contributed by atoms with Crippen molar-refractivity contribution in [3.8, 4) is 5.75 Å². The van der Waals surface area contributed by atoms with Crippen molar-refractivity contribution in [1.82, 2.24) is 0 Å². The van der Waals surface area contributed by atoms with E-state index in [1.807, 2.05) is 25.1 Å². The first-order valence-electron chi connectivity index (χ1n) is 7.58. The lowest BCUT2D eigenvalue weighted by molar-refractivity contribution is -0.160. The largest absolute Gasteiger partial charge is 0.483 e. The lowest BCUT2D eigenvalue weighted by atomic mass is 9.85. The van der Waals surface area contributed by atoms with Crippen LogP contribution >= 0.6 is 15.9 Å². The quantitative estimate of drug-likeness (QED) is 0.565. The van der Waals surface area contributed by atoms with E-state index in [0.29, 0.717) is 6.42 Å². The van der Waals surface area contributed by atoms with Crippen LogP contribution in [0.5, 0.6) is 5.75 Å². The molecule has 4 heteroatoms. The van der Waals surface area contributed by atoms with Crippen LogP contribution in [0.25, 0.3) is 0 Å². The second kappa shape index (κ2) is 6.86. The van der Waals surface area contributed by atoms with Gasteiger partial charge in [-0.3, -0.25) is 4.79 Å². The Morgan fingerprint density at radius 2 is 2.18 bits per heavy atom. The van der Waals surface area contributed by atoms with Crippen LogP contribution in [0.15, 0.2) is 34.3 Å². The summed E-state index contributed by atoms with van der Waals surface area (Å²) in [5.74, 6) is 0.617. The molecule has 0 aliphatic carbocycles. The summed E-state index contributed by atoms with van der Waals surface area (Å²) in [7, 11) is 0. The van der Waals surface area contributed by atoms with Gasteiger partial charge in [-0.15, -0.1) is 0 Å². The van der Waals surface area contributed by atoms with Gasteiger partial charge in [0.1, 0.15) is 17.5 Å². The third-order valence-electron chi connectivity index (χ3n) is 3.95. The van der Waals surface area contributed by atoms with Gasteiger partial charge in [-0.2, -0.15) is 0 Å². The van der Waals surface area contributed by atoms with E-state index in [9.17, 15) is 4.79 Å². The van der Waals surface area contributed by atoms with Crippen LogP contribution in [0.4, 0.5) is 0 Å². The molecule has 2 atom stereocenters.